The Kier molecular flexibility index (Phi) is 2.95. The van der Waals surface area contributed by atoms with Crippen LogP contribution in [0.1, 0.15) is 0 Å². The second kappa shape index (κ2) is 3.80. The van der Waals surface area contributed by atoms with Crippen LogP contribution in [0.4, 0.5) is 0 Å². The van der Waals surface area contributed by atoms with Gasteiger partial charge in [0.15, 0.2) is 5.75 Å². The Morgan fingerprint density at radius 3 is 2.54 bits per heavy atom. The molecule has 0 aliphatic carbocycles. The van der Waals surface area contributed by atoms with Gasteiger partial charge in [-0.1, -0.05) is 18.2 Å². The molecule has 2 rings (SSSR count). The van der Waals surface area contributed by atoms with Crippen molar-refractivity contribution in [3.05, 3.63) is 30.3 Å². The van der Waals surface area contributed by atoms with Gasteiger partial charge in [-0.05, 0) is 12.1 Å². The van der Waals surface area contributed by atoms with E-state index >= 15 is 0 Å². The van der Waals surface area contributed by atoms with E-state index in [2.05, 4.69) is 4.98 Å². The summed E-state index contributed by atoms with van der Waals surface area (Å²) in [7, 11) is 0. The van der Waals surface area contributed by atoms with Crippen LogP contribution in [-0.4, -0.2) is 38.2 Å². The lowest BCUT2D eigenvalue weighted by Crippen LogP contribution is -1.78. The Hall–Kier alpha value is -1.00. The van der Waals surface area contributed by atoms with Crippen LogP contribution in [0, 0.1) is 0 Å². The van der Waals surface area contributed by atoms with Crippen LogP contribution in [0.15, 0.2) is 30.3 Å². The molecule has 0 spiro atoms. The molecule has 0 aliphatic heterocycles. The molecule has 0 unspecified atom stereocenters. The van der Waals surface area contributed by atoms with E-state index < -0.39 is 0 Å². The Balaban J connectivity index is 0.000000845. The number of pyridine rings is 1. The summed E-state index contributed by atoms with van der Waals surface area (Å²) in [6, 6.07) is 8.75. The predicted molar refractivity (Wildman–Crippen MR) is 53.6 cm³/mol. The number of fused-ring (bicyclic) bond motifs is 1. The van der Waals surface area contributed by atoms with E-state index in [0.717, 1.165) is 5.39 Å². The number of nitrogens with zero attached hydrogens (tertiary/aromatic N) is 1. The van der Waals surface area contributed by atoms with Crippen molar-refractivity contribution >= 4 is 34.0 Å². The van der Waals surface area contributed by atoms with Gasteiger partial charge in [-0.2, -0.15) is 0 Å². The van der Waals surface area contributed by atoms with E-state index in [-0.39, 0.29) is 34.7 Å². The monoisotopic (exact) mass is 187 g/mol. The summed E-state index contributed by atoms with van der Waals surface area (Å²) in [5.41, 5.74) is 0.674. The smallest absolute Gasteiger partial charge is 0.316 e. The van der Waals surface area contributed by atoms with E-state index in [4.69, 9.17) is 10.2 Å². The highest BCUT2D eigenvalue weighted by Gasteiger charge is 2.01. The summed E-state index contributed by atoms with van der Waals surface area (Å²) >= 11 is 0. The minimum atomic E-state index is -0.325. The quantitative estimate of drug-likeness (QED) is 0.598. The molecule has 0 fully saturated rings. The molecule has 1 heterocycles. The molecule has 13 heavy (non-hydrogen) atoms. The van der Waals surface area contributed by atoms with Crippen molar-refractivity contribution in [2.24, 2.45) is 0 Å². The van der Waals surface area contributed by atoms with Crippen LogP contribution in [0.3, 0.4) is 0 Å². The van der Waals surface area contributed by atoms with Crippen molar-refractivity contribution in [3.8, 4) is 11.6 Å². The highest BCUT2D eigenvalue weighted by molar-refractivity contribution is 5.80. The Labute approximate surface area is 91.2 Å². The molecule has 0 bridgehead atoms. The van der Waals surface area contributed by atoms with Crippen molar-refractivity contribution in [3.63, 3.8) is 0 Å². The highest BCUT2D eigenvalue weighted by Crippen LogP contribution is 2.25. The zero-order valence-corrected chi connectivity index (χ0v) is 6.23. The van der Waals surface area contributed by atoms with Gasteiger partial charge in [0.2, 0.25) is 0 Å². The fourth-order valence-corrected chi connectivity index (χ4v) is 1.09. The number of aromatic hydroxyl groups is 2. The van der Waals surface area contributed by atoms with E-state index in [1.165, 1.54) is 6.07 Å². The van der Waals surface area contributed by atoms with Crippen LogP contribution in [0.5, 0.6) is 11.6 Å². The number of benzene rings is 1. The second-order valence-electron chi connectivity index (χ2n) is 2.52. The van der Waals surface area contributed by atoms with Gasteiger partial charge in [0.25, 0.3) is 5.88 Å². The average molecular weight is 187 g/mol. The van der Waals surface area contributed by atoms with Crippen molar-refractivity contribution in [1.29, 1.82) is 0 Å². The molecule has 0 radical (unpaired) electrons. The van der Waals surface area contributed by atoms with Gasteiger partial charge in [-0.25, -0.2) is 4.98 Å². The fraction of sp³-hybridized carbons (Fsp3) is 0. The molecule has 0 saturated heterocycles. The fourth-order valence-electron chi connectivity index (χ4n) is 1.09. The summed E-state index contributed by atoms with van der Waals surface area (Å²) in [5, 5.41) is 19.0. The third kappa shape index (κ3) is 1.84. The van der Waals surface area contributed by atoms with Gasteiger partial charge in [0.1, 0.15) is 0 Å². The van der Waals surface area contributed by atoms with Crippen LogP contribution in [0.2, 0.25) is 0 Å². The van der Waals surface area contributed by atoms with Gasteiger partial charge in [-0.15, -0.1) is 0 Å². The standard InChI is InChI=1S/C9H7NO2.Mg.2H/c11-8-5-6-3-1-2-4-7(6)10-9(8)12;;;/h1-5,11H,(H,10,12);;;. The van der Waals surface area contributed by atoms with Crippen LogP contribution in [0.25, 0.3) is 10.9 Å². The summed E-state index contributed by atoms with van der Waals surface area (Å²) in [6.07, 6.45) is 0. The Morgan fingerprint density at radius 1 is 1.08 bits per heavy atom. The molecule has 2 N–H and O–H groups in total. The third-order valence-corrected chi connectivity index (χ3v) is 1.68. The van der Waals surface area contributed by atoms with Gasteiger partial charge in [-0.3, -0.25) is 0 Å². The van der Waals surface area contributed by atoms with Gasteiger partial charge in [0, 0.05) is 5.39 Å². The Bertz CT molecular complexity index is 390. The van der Waals surface area contributed by atoms with Crippen LogP contribution in [-0.2, 0) is 0 Å². The maximum absolute atomic E-state index is 9.10. The lowest BCUT2D eigenvalue weighted by Gasteiger charge is -1.98. The number of hydrogen-bond donors (Lipinski definition) is 2. The molecular weight excluding hydrogens is 178 g/mol. The SMILES string of the molecule is Oc1cc2ccccc2nc1O.[MgH2]. The number of aromatic nitrogens is 1. The first-order valence-electron chi connectivity index (χ1n) is 3.55. The zero-order valence-electron chi connectivity index (χ0n) is 6.23. The van der Waals surface area contributed by atoms with Crippen LogP contribution >= 0.6 is 0 Å². The first kappa shape index (κ1) is 10.1. The first-order chi connectivity index (χ1) is 5.77. The zero-order chi connectivity index (χ0) is 8.55. The molecule has 4 heteroatoms. The van der Waals surface area contributed by atoms with Crippen LogP contribution < -0.4 is 0 Å². The molecule has 0 saturated carbocycles. The molecule has 1 aromatic heterocycles. The van der Waals surface area contributed by atoms with Crippen molar-refractivity contribution in [2.75, 3.05) is 0 Å². The van der Waals surface area contributed by atoms with E-state index in [9.17, 15) is 0 Å². The molecular formula is C9H9MgNO2. The largest absolute Gasteiger partial charge is 0.503 e. The lowest BCUT2D eigenvalue weighted by atomic mass is 10.2. The van der Waals surface area contributed by atoms with Crippen molar-refractivity contribution in [1.82, 2.24) is 4.98 Å². The first-order valence-corrected chi connectivity index (χ1v) is 3.55. The highest BCUT2D eigenvalue weighted by atomic mass is 24.3. The molecule has 1 aromatic carbocycles. The summed E-state index contributed by atoms with van der Waals surface area (Å²) in [5.74, 6) is -0.512. The van der Waals surface area contributed by atoms with E-state index in [0.29, 0.717) is 5.52 Å². The molecule has 0 aliphatic rings. The molecule has 0 amide bonds. The number of para-hydroxylation sites is 1. The predicted octanol–water partition coefficient (Wildman–Crippen LogP) is 0.730. The molecule has 2 aromatic rings. The Morgan fingerprint density at radius 2 is 1.77 bits per heavy atom. The second-order valence-corrected chi connectivity index (χ2v) is 2.52. The van der Waals surface area contributed by atoms with E-state index in [1.807, 2.05) is 18.2 Å². The summed E-state index contributed by atoms with van der Waals surface area (Å²) < 4.78 is 0. The maximum atomic E-state index is 9.10. The number of rotatable bonds is 0. The third-order valence-electron chi connectivity index (χ3n) is 1.68. The summed E-state index contributed by atoms with van der Waals surface area (Å²) in [4.78, 5) is 3.78. The summed E-state index contributed by atoms with van der Waals surface area (Å²) in [6.45, 7) is 0. The van der Waals surface area contributed by atoms with Gasteiger partial charge < -0.3 is 10.2 Å². The number of hydrogen-bond acceptors (Lipinski definition) is 3. The molecule has 0 atom stereocenters. The van der Waals surface area contributed by atoms with Crippen molar-refractivity contribution < 1.29 is 10.2 Å². The molecule has 3 nitrogen and oxygen atoms in total. The lowest BCUT2D eigenvalue weighted by molar-refractivity contribution is 0.391. The molecule has 64 valence electrons. The van der Waals surface area contributed by atoms with Gasteiger partial charge in [0.05, 0.1) is 5.52 Å². The van der Waals surface area contributed by atoms with E-state index in [1.54, 1.807) is 6.07 Å². The topological polar surface area (TPSA) is 53.4 Å². The normalized spacial score (nSPS) is 9.54. The minimum absolute atomic E-state index is 0. The minimum Gasteiger partial charge on any atom is -0.503 e. The van der Waals surface area contributed by atoms with Crippen molar-refractivity contribution in [2.45, 2.75) is 0 Å². The maximum Gasteiger partial charge on any atom is 0.316 e. The average Bonchev–Trinajstić information content (AvgIpc) is 2.07. The van der Waals surface area contributed by atoms with Gasteiger partial charge >= 0.3 is 23.1 Å².